The van der Waals surface area contributed by atoms with Crippen molar-refractivity contribution in [1.29, 1.82) is 0 Å². The minimum Gasteiger partial charge on any atom is -0.126 e. The Bertz CT molecular complexity index is 99.8. The van der Waals surface area contributed by atoms with Crippen LogP contribution < -0.4 is 0 Å². The van der Waals surface area contributed by atoms with Crippen molar-refractivity contribution in [3.63, 3.8) is 0 Å². The summed E-state index contributed by atoms with van der Waals surface area (Å²) in [6, 6.07) is 0. The molecule has 0 aromatic heterocycles. The van der Waals surface area contributed by atoms with Crippen LogP contribution in [0.3, 0.4) is 0 Å². The fourth-order valence-corrected chi connectivity index (χ4v) is 1.44. The quantitative estimate of drug-likeness (QED) is 0.438. The average molecular weight is 161 g/mol. The molecule has 0 aromatic rings. The number of rotatable bonds is 3. The van der Waals surface area contributed by atoms with Crippen LogP contribution in [0.1, 0.15) is 27.2 Å². The fourth-order valence-electron chi connectivity index (χ4n) is 0.849. The SMILES string of the molecule is C=CCC(CCl)C(C)(C)C. The van der Waals surface area contributed by atoms with Gasteiger partial charge in [-0.1, -0.05) is 26.8 Å². The number of halogens is 1. The Morgan fingerprint density at radius 2 is 2.00 bits per heavy atom. The van der Waals surface area contributed by atoms with Gasteiger partial charge in [-0.25, -0.2) is 0 Å². The van der Waals surface area contributed by atoms with Crippen LogP contribution in [0.2, 0.25) is 0 Å². The van der Waals surface area contributed by atoms with E-state index in [1.807, 2.05) is 6.08 Å². The zero-order valence-electron chi connectivity index (χ0n) is 7.15. The molecule has 0 aromatic carbocycles. The number of alkyl halides is 1. The second kappa shape index (κ2) is 4.02. The first kappa shape index (κ1) is 10.0. The molecule has 0 heterocycles. The lowest BCUT2D eigenvalue weighted by Crippen LogP contribution is -2.21. The third kappa shape index (κ3) is 3.26. The topological polar surface area (TPSA) is 0 Å². The third-order valence-electron chi connectivity index (χ3n) is 1.86. The van der Waals surface area contributed by atoms with E-state index in [1.54, 1.807) is 0 Å². The van der Waals surface area contributed by atoms with E-state index in [1.165, 1.54) is 0 Å². The van der Waals surface area contributed by atoms with Crippen molar-refractivity contribution in [3.05, 3.63) is 12.7 Å². The molecule has 1 heteroatoms. The van der Waals surface area contributed by atoms with Crippen LogP contribution in [-0.2, 0) is 0 Å². The first-order chi connectivity index (χ1) is 4.52. The Morgan fingerprint density at radius 1 is 1.50 bits per heavy atom. The predicted octanol–water partition coefficient (Wildman–Crippen LogP) is 3.46. The zero-order valence-corrected chi connectivity index (χ0v) is 7.91. The van der Waals surface area contributed by atoms with Crippen molar-refractivity contribution < 1.29 is 0 Å². The monoisotopic (exact) mass is 160 g/mol. The summed E-state index contributed by atoms with van der Waals surface area (Å²) in [5.41, 5.74) is 0.315. The first-order valence-electron chi connectivity index (χ1n) is 3.69. The molecule has 0 fully saturated rings. The van der Waals surface area contributed by atoms with Crippen molar-refractivity contribution in [2.45, 2.75) is 27.2 Å². The van der Waals surface area contributed by atoms with Gasteiger partial charge in [-0.3, -0.25) is 0 Å². The second-order valence-electron chi connectivity index (χ2n) is 3.74. The minimum atomic E-state index is 0.315. The van der Waals surface area contributed by atoms with Gasteiger partial charge in [0.25, 0.3) is 0 Å². The van der Waals surface area contributed by atoms with E-state index < -0.39 is 0 Å². The van der Waals surface area contributed by atoms with E-state index in [9.17, 15) is 0 Å². The van der Waals surface area contributed by atoms with Crippen LogP contribution in [0.25, 0.3) is 0 Å². The smallest absolute Gasteiger partial charge is 0.0259 e. The molecule has 0 saturated carbocycles. The Morgan fingerprint density at radius 3 is 2.10 bits per heavy atom. The van der Waals surface area contributed by atoms with Gasteiger partial charge in [0.05, 0.1) is 0 Å². The Labute approximate surface area is 69.3 Å². The molecule has 0 rings (SSSR count). The van der Waals surface area contributed by atoms with Crippen LogP contribution in [0.5, 0.6) is 0 Å². The summed E-state index contributed by atoms with van der Waals surface area (Å²) in [7, 11) is 0. The van der Waals surface area contributed by atoms with Gasteiger partial charge in [0.2, 0.25) is 0 Å². The van der Waals surface area contributed by atoms with Gasteiger partial charge in [0.15, 0.2) is 0 Å². The summed E-state index contributed by atoms with van der Waals surface area (Å²) < 4.78 is 0. The van der Waals surface area contributed by atoms with E-state index in [-0.39, 0.29) is 0 Å². The molecule has 10 heavy (non-hydrogen) atoms. The van der Waals surface area contributed by atoms with Crippen molar-refractivity contribution in [3.8, 4) is 0 Å². The van der Waals surface area contributed by atoms with Crippen molar-refractivity contribution >= 4 is 11.6 Å². The first-order valence-corrected chi connectivity index (χ1v) is 4.22. The van der Waals surface area contributed by atoms with Crippen LogP contribution in [0.4, 0.5) is 0 Å². The van der Waals surface area contributed by atoms with E-state index in [0.29, 0.717) is 11.3 Å². The van der Waals surface area contributed by atoms with Gasteiger partial charge in [-0.15, -0.1) is 18.2 Å². The maximum absolute atomic E-state index is 5.78. The molecule has 0 aliphatic carbocycles. The lowest BCUT2D eigenvalue weighted by molar-refractivity contribution is 0.267. The summed E-state index contributed by atoms with van der Waals surface area (Å²) >= 11 is 5.78. The molecule has 0 spiro atoms. The number of hydrogen-bond donors (Lipinski definition) is 0. The molecule has 0 amide bonds. The standard InChI is InChI=1S/C9H17Cl/c1-5-6-8(7-10)9(2,3)4/h5,8H,1,6-7H2,2-4H3. The van der Waals surface area contributed by atoms with Crippen LogP contribution in [-0.4, -0.2) is 5.88 Å². The van der Waals surface area contributed by atoms with Crippen LogP contribution in [0.15, 0.2) is 12.7 Å². The summed E-state index contributed by atoms with van der Waals surface area (Å²) in [6.45, 7) is 10.3. The van der Waals surface area contributed by atoms with E-state index >= 15 is 0 Å². The Hall–Kier alpha value is 0.0300. The molecular formula is C9H17Cl. The molecular weight excluding hydrogens is 144 g/mol. The maximum Gasteiger partial charge on any atom is 0.0259 e. The van der Waals surface area contributed by atoms with Gasteiger partial charge in [0, 0.05) is 5.88 Å². The van der Waals surface area contributed by atoms with E-state index in [0.717, 1.165) is 12.3 Å². The summed E-state index contributed by atoms with van der Waals surface area (Å²) in [5, 5.41) is 0. The normalized spacial score (nSPS) is 14.8. The van der Waals surface area contributed by atoms with E-state index in [2.05, 4.69) is 27.4 Å². The summed E-state index contributed by atoms with van der Waals surface area (Å²) in [4.78, 5) is 0. The third-order valence-corrected chi connectivity index (χ3v) is 2.23. The van der Waals surface area contributed by atoms with Crippen LogP contribution >= 0.6 is 11.6 Å². The highest BCUT2D eigenvalue weighted by atomic mass is 35.5. The largest absolute Gasteiger partial charge is 0.126 e. The van der Waals surface area contributed by atoms with Crippen LogP contribution in [0, 0.1) is 11.3 Å². The lowest BCUT2D eigenvalue weighted by Gasteiger charge is -2.27. The van der Waals surface area contributed by atoms with Gasteiger partial charge < -0.3 is 0 Å². The molecule has 1 unspecified atom stereocenters. The molecule has 0 aliphatic heterocycles. The highest BCUT2D eigenvalue weighted by molar-refractivity contribution is 6.18. The highest BCUT2D eigenvalue weighted by Gasteiger charge is 2.21. The van der Waals surface area contributed by atoms with Crippen molar-refractivity contribution in [2.24, 2.45) is 11.3 Å². The zero-order chi connectivity index (χ0) is 8.20. The van der Waals surface area contributed by atoms with E-state index in [4.69, 9.17) is 11.6 Å². The molecule has 0 aliphatic rings. The number of hydrogen-bond acceptors (Lipinski definition) is 0. The average Bonchev–Trinajstić information content (AvgIpc) is 1.80. The molecule has 0 nitrogen and oxygen atoms in total. The summed E-state index contributed by atoms with van der Waals surface area (Å²) in [5.74, 6) is 1.29. The molecule has 0 N–H and O–H groups in total. The second-order valence-corrected chi connectivity index (χ2v) is 4.05. The maximum atomic E-state index is 5.78. The van der Waals surface area contributed by atoms with Crippen molar-refractivity contribution in [1.82, 2.24) is 0 Å². The van der Waals surface area contributed by atoms with Gasteiger partial charge in [-0.2, -0.15) is 0 Å². The molecule has 0 bridgehead atoms. The highest BCUT2D eigenvalue weighted by Crippen LogP contribution is 2.29. The lowest BCUT2D eigenvalue weighted by atomic mass is 9.80. The molecule has 0 radical (unpaired) electrons. The molecule has 60 valence electrons. The Balaban J connectivity index is 3.92. The fraction of sp³-hybridized carbons (Fsp3) is 0.778. The molecule has 1 atom stereocenters. The van der Waals surface area contributed by atoms with Gasteiger partial charge in [0.1, 0.15) is 0 Å². The van der Waals surface area contributed by atoms with Crippen molar-refractivity contribution in [2.75, 3.05) is 5.88 Å². The van der Waals surface area contributed by atoms with Gasteiger partial charge >= 0.3 is 0 Å². The molecule has 0 saturated heterocycles. The van der Waals surface area contributed by atoms with Gasteiger partial charge in [-0.05, 0) is 17.8 Å². The Kier molecular flexibility index (Phi) is 4.04. The summed E-state index contributed by atoms with van der Waals surface area (Å²) in [6.07, 6.45) is 2.96. The predicted molar refractivity (Wildman–Crippen MR) is 48.5 cm³/mol. The minimum absolute atomic E-state index is 0.315. The number of allylic oxidation sites excluding steroid dienone is 1.